The summed E-state index contributed by atoms with van der Waals surface area (Å²) in [4.78, 5) is 12.5. The highest BCUT2D eigenvalue weighted by atomic mass is 32.1. The fourth-order valence-corrected chi connectivity index (χ4v) is 3.10. The molecule has 0 aliphatic carbocycles. The minimum Gasteiger partial charge on any atom is -0.494 e. The molecule has 31 heavy (non-hydrogen) atoms. The second-order valence-corrected chi connectivity index (χ2v) is 7.97. The molecule has 0 saturated heterocycles. The van der Waals surface area contributed by atoms with Gasteiger partial charge in [-0.05, 0) is 74.4 Å². The molecular weight excluding hydrogens is 408 g/mol. The molecule has 5 nitrogen and oxygen atoms in total. The number of hydrogen-bond acceptors (Lipinski definition) is 4. The van der Waals surface area contributed by atoms with Crippen molar-refractivity contribution in [1.29, 1.82) is 0 Å². The van der Waals surface area contributed by atoms with Gasteiger partial charge >= 0.3 is 0 Å². The van der Waals surface area contributed by atoms with Gasteiger partial charge in [0.15, 0.2) is 5.11 Å². The van der Waals surface area contributed by atoms with Gasteiger partial charge in [0.25, 0.3) is 5.91 Å². The Morgan fingerprint density at radius 2 is 1.74 bits per heavy atom. The van der Waals surface area contributed by atoms with E-state index in [2.05, 4.69) is 24.5 Å². The topological polar surface area (TPSA) is 59.6 Å². The molecule has 2 aromatic rings. The van der Waals surface area contributed by atoms with E-state index in [9.17, 15) is 4.79 Å². The highest BCUT2D eigenvalue weighted by Crippen LogP contribution is 2.18. The smallest absolute Gasteiger partial charge is 0.257 e. The molecule has 0 aromatic heterocycles. The summed E-state index contributed by atoms with van der Waals surface area (Å²) in [5.41, 5.74) is 1.28. The van der Waals surface area contributed by atoms with Crippen molar-refractivity contribution in [3.05, 3.63) is 54.1 Å². The fraction of sp³-hybridized carbons (Fsp3) is 0.440. The van der Waals surface area contributed by atoms with Gasteiger partial charge in [0.2, 0.25) is 0 Å². The summed E-state index contributed by atoms with van der Waals surface area (Å²) in [6, 6.07) is 14.6. The minimum absolute atomic E-state index is 0.0917. The Balaban J connectivity index is 1.79. The van der Waals surface area contributed by atoms with Crippen LogP contribution in [0.5, 0.6) is 11.5 Å². The van der Waals surface area contributed by atoms with Crippen molar-refractivity contribution in [3.8, 4) is 11.5 Å². The van der Waals surface area contributed by atoms with E-state index in [0.29, 0.717) is 11.3 Å². The first kappa shape index (κ1) is 24.7. The number of anilines is 1. The predicted octanol–water partition coefficient (Wildman–Crippen LogP) is 6.34. The molecule has 2 N–H and O–H groups in total. The van der Waals surface area contributed by atoms with Crippen LogP contribution >= 0.6 is 12.2 Å². The van der Waals surface area contributed by atoms with Crippen LogP contribution in [0.15, 0.2) is 48.5 Å². The average Bonchev–Trinajstić information content (AvgIpc) is 2.77. The van der Waals surface area contributed by atoms with E-state index >= 15 is 0 Å². The molecule has 0 radical (unpaired) electrons. The Morgan fingerprint density at radius 3 is 2.45 bits per heavy atom. The van der Waals surface area contributed by atoms with Crippen molar-refractivity contribution >= 4 is 28.9 Å². The number of ether oxygens (including phenoxy) is 2. The number of hydrogen-bond donors (Lipinski definition) is 2. The van der Waals surface area contributed by atoms with Crippen molar-refractivity contribution in [2.75, 3.05) is 11.9 Å². The molecular formula is C25H34N2O3S. The van der Waals surface area contributed by atoms with E-state index in [1.165, 1.54) is 25.7 Å². The van der Waals surface area contributed by atoms with Crippen LogP contribution in [-0.4, -0.2) is 23.7 Å². The van der Waals surface area contributed by atoms with E-state index in [0.717, 1.165) is 30.9 Å². The van der Waals surface area contributed by atoms with Gasteiger partial charge in [-0.2, -0.15) is 0 Å². The van der Waals surface area contributed by atoms with Crippen LogP contribution in [0.2, 0.25) is 0 Å². The van der Waals surface area contributed by atoms with Crippen LogP contribution in [-0.2, 0) is 0 Å². The molecule has 0 bridgehead atoms. The summed E-state index contributed by atoms with van der Waals surface area (Å²) in [6.45, 7) is 6.99. The van der Waals surface area contributed by atoms with Crippen LogP contribution in [0.1, 0.15) is 69.7 Å². The third-order valence-corrected chi connectivity index (χ3v) is 5.07. The summed E-state index contributed by atoms with van der Waals surface area (Å²) in [5.74, 6) is 1.21. The first-order valence-corrected chi connectivity index (χ1v) is 11.5. The zero-order chi connectivity index (χ0) is 22.5. The number of nitrogens with one attached hydrogen (secondary N) is 2. The highest BCUT2D eigenvalue weighted by molar-refractivity contribution is 7.80. The molecule has 1 atom stereocenters. The van der Waals surface area contributed by atoms with E-state index in [1.54, 1.807) is 18.2 Å². The molecule has 0 heterocycles. The van der Waals surface area contributed by atoms with Crippen LogP contribution in [0.4, 0.5) is 5.69 Å². The van der Waals surface area contributed by atoms with Crippen LogP contribution in [0.3, 0.4) is 0 Å². The predicted molar refractivity (Wildman–Crippen MR) is 131 cm³/mol. The molecule has 0 spiro atoms. The molecule has 168 valence electrons. The van der Waals surface area contributed by atoms with Crippen molar-refractivity contribution in [1.82, 2.24) is 5.32 Å². The molecule has 6 heteroatoms. The van der Waals surface area contributed by atoms with Gasteiger partial charge in [-0.15, -0.1) is 0 Å². The van der Waals surface area contributed by atoms with Crippen LogP contribution in [0, 0.1) is 0 Å². The van der Waals surface area contributed by atoms with Crippen molar-refractivity contribution in [3.63, 3.8) is 0 Å². The van der Waals surface area contributed by atoms with Gasteiger partial charge < -0.3 is 14.8 Å². The molecule has 1 amide bonds. The Morgan fingerprint density at radius 1 is 1.00 bits per heavy atom. The fourth-order valence-electron chi connectivity index (χ4n) is 2.89. The number of amides is 1. The van der Waals surface area contributed by atoms with Crippen molar-refractivity contribution < 1.29 is 14.3 Å². The van der Waals surface area contributed by atoms with Gasteiger partial charge in [0, 0.05) is 11.3 Å². The Labute approximate surface area is 191 Å². The van der Waals surface area contributed by atoms with Gasteiger partial charge in [0.1, 0.15) is 11.5 Å². The monoisotopic (exact) mass is 442 g/mol. The van der Waals surface area contributed by atoms with Gasteiger partial charge in [0.05, 0.1) is 12.7 Å². The Hall–Kier alpha value is -2.60. The third kappa shape index (κ3) is 9.39. The van der Waals surface area contributed by atoms with E-state index < -0.39 is 0 Å². The standard InChI is InChI=1S/C25H34N2O3S/c1-4-6-7-8-9-17-29-22-15-13-21(14-16-22)26-25(31)27-24(28)20-11-10-12-23(18-20)30-19(3)5-2/h10-16,18-19H,4-9,17H2,1-3H3,(H2,26,27,28,31). The minimum atomic E-state index is -0.282. The highest BCUT2D eigenvalue weighted by Gasteiger charge is 2.10. The summed E-state index contributed by atoms with van der Waals surface area (Å²) in [6.07, 6.45) is 7.06. The van der Waals surface area contributed by atoms with Crippen molar-refractivity contribution in [2.45, 2.75) is 65.4 Å². The Kier molecular flexibility index (Phi) is 10.9. The lowest BCUT2D eigenvalue weighted by molar-refractivity contribution is 0.0977. The summed E-state index contributed by atoms with van der Waals surface area (Å²) in [7, 11) is 0. The van der Waals surface area contributed by atoms with Crippen molar-refractivity contribution in [2.24, 2.45) is 0 Å². The summed E-state index contributed by atoms with van der Waals surface area (Å²) < 4.78 is 11.6. The number of benzene rings is 2. The van der Waals surface area contributed by atoms with Gasteiger partial charge in [-0.1, -0.05) is 45.6 Å². The number of unbranched alkanes of at least 4 members (excludes halogenated alkanes) is 4. The average molecular weight is 443 g/mol. The molecule has 0 aliphatic rings. The van der Waals surface area contributed by atoms with E-state index in [-0.39, 0.29) is 17.1 Å². The molecule has 2 rings (SSSR count). The number of carbonyl (C=O) groups excluding carboxylic acids is 1. The maximum atomic E-state index is 12.5. The molecule has 0 saturated carbocycles. The number of thiocarbonyl (C=S) groups is 1. The van der Waals surface area contributed by atoms with Gasteiger partial charge in [-0.25, -0.2) is 0 Å². The molecule has 0 aliphatic heterocycles. The number of rotatable bonds is 12. The maximum Gasteiger partial charge on any atom is 0.257 e. The van der Waals surface area contributed by atoms with Gasteiger partial charge in [-0.3, -0.25) is 10.1 Å². The second kappa shape index (κ2) is 13.7. The number of carbonyl (C=O) groups is 1. The summed E-state index contributed by atoms with van der Waals surface area (Å²) in [5, 5.41) is 5.97. The first-order chi connectivity index (χ1) is 15.0. The molecule has 0 fully saturated rings. The zero-order valence-electron chi connectivity index (χ0n) is 18.8. The largest absolute Gasteiger partial charge is 0.494 e. The Bertz CT molecular complexity index is 824. The van der Waals surface area contributed by atoms with Crippen LogP contribution in [0.25, 0.3) is 0 Å². The molecule has 1 unspecified atom stereocenters. The van der Waals surface area contributed by atoms with E-state index in [4.69, 9.17) is 21.7 Å². The lowest BCUT2D eigenvalue weighted by Gasteiger charge is -2.14. The first-order valence-electron chi connectivity index (χ1n) is 11.1. The lowest BCUT2D eigenvalue weighted by Crippen LogP contribution is -2.34. The third-order valence-electron chi connectivity index (χ3n) is 4.86. The normalized spacial score (nSPS) is 11.5. The quantitative estimate of drug-likeness (QED) is 0.297. The lowest BCUT2D eigenvalue weighted by atomic mass is 10.2. The maximum absolute atomic E-state index is 12.5. The molecule has 2 aromatic carbocycles. The second-order valence-electron chi connectivity index (χ2n) is 7.56. The summed E-state index contributed by atoms with van der Waals surface area (Å²) >= 11 is 5.28. The zero-order valence-corrected chi connectivity index (χ0v) is 19.6. The van der Waals surface area contributed by atoms with E-state index in [1.807, 2.05) is 37.3 Å². The van der Waals surface area contributed by atoms with Crippen LogP contribution < -0.4 is 20.1 Å². The SMILES string of the molecule is CCCCCCCOc1ccc(NC(=S)NC(=O)c2cccc(OC(C)CC)c2)cc1.